The number of nitrogens with one attached hydrogen (secondary N) is 1. The number of benzene rings is 2. The van der Waals surface area contributed by atoms with E-state index in [2.05, 4.69) is 5.32 Å². The van der Waals surface area contributed by atoms with Gasteiger partial charge in [-0.3, -0.25) is 9.59 Å². The number of aromatic nitrogens is 1. The molecular weight excluding hydrogens is 359 g/mol. The minimum atomic E-state index is -0.577. The van der Waals surface area contributed by atoms with Gasteiger partial charge in [0.25, 0.3) is 5.56 Å². The minimum absolute atomic E-state index is 0.00219. The second kappa shape index (κ2) is 7.68. The largest absolute Gasteiger partial charge is 0.395 e. The van der Waals surface area contributed by atoms with Crippen LogP contribution in [0.15, 0.2) is 53.5 Å². The Hall–Kier alpha value is -2.70. The summed E-state index contributed by atoms with van der Waals surface area (Å²) in [6, 6.07) is 10.9. The number of anilines is 1. The number of nitrogens with zero attached hydrogens (tertiary/aromatic N) is 1. The monoisotopic (exact) mass is 374 g/mol. The Bertz CT molecular complexity index is 1030. The summed E-state index contributed by atoms with van der Waals surface area (Å²) in [4.78, 5) is 24.7. The molecule has 0 saturated carbocycles. The van der Waals surface area contributed by atoms with E-state index < -0.39 is 5.82 Å². The summed E-state index contributed by atoms with van der Waals surface area (Å²) >= 11 is 5.64. The van der Waals surface area contributed by atoms with Crippen molar-refractivity contribution in [2.45, 2.75) is 13.0 Å². The second-order valence-electron chi connectivity index (χ2n) is 5.78. The van der Waals surface area contributed by atoms with E-state index in [1.807, 2.05) is 0 Å². The van der Waals surface area contributed by atoms with E-state index in [0.717, 1.165) is 0 Å². The number of rotatable bonds is 5. The van der Waals surface area contributed by atoms with Gasteiger partial charge in [-0.25, -0.2) is 4.39 Å². The number of carbonyl (C=O) groups is 1. The normalized spacial score (nSPS) is 10.9. The minimum Gasteiger partial charge on any atom is -0.395 e. The summed E-state index contributed by atoms with van der Waals surface area (Å²) in [5.74, 6) is -0.912. The molecule has 1 amide bonds. The first-order chi connectivity index (χ1) is 12.5. The van der Waals surface area contributed by atoms with E-state index in [4.69, 9.17) is 16.7 Å². The Kier molecular flexibility index (Phi) is 5.35. The van der Waals surface area contributed by atoms with Crippen molar-refractivity contribution in [2.75, 3.05) is 11.9 Å². The molecule has 0 bridgehead atoms. The molecule has 0 aliphatic rings. The third-order valence-electron chi connectivity index (χ3n) is 3.98. The summed E-state index contributed by atoms with van der Waals surface area (Å²) in [6.07, 6.45) is 1.55. The average Bonchev–Trinajstić information content (AvgIpc) is 2.61. The highest BCUT2D eigenvalue weighted by atomic mass is 35.5. The molecule has 2 aromatic carbocycles. The molecule has 0 spiro atoms. The van der Waals surface area contributed by atoms with E-state index in [-0.39, 0.29) is 36.1 Å². The Morgan fingerprint density at radius 2 is 2.00 bits per heavy atom. The van der Waals surface area contributed by atoms with E-state index >= 15 is 0 Å². The van der Waals surface area contributed by atoms with Crippen LogP contribution in [-0.2, 0) is 17.8 Å². The Balaban J connectivity index is 1.86. The van der Waals surface area contributed by atoms with Crippen molar-refractivity contribution < 1.29 is 14.3 Å². The number of hydrogen-bond donors (Lipinski definition) is 2. The molecule has 0 aliphatic carbocycles. The van der Waals surface area contributed by atoms with Gasteiger partial charge in [0, 0.05) is 29.2 Å². The predicted molar refractivity (Wildman–Crippen MR) is 99.0 cm³/mol. The summed E-state index contributed by atoms with van der Waals surface area (Å²) in [7, 11) is 0. The highest BCUT2D eigenvalue weighted by Crippen LogP contribution is 2.21. The lowest BCUT2D eigenvalue weighted by molar-refractivity contribution is -0.115. The van der Waals surface area contributed by atoms with Crippen molar-refractivity contribution in [3.8, 4) is 0 Å². The van der Waals surface area contributed by atoms with E-state index in [0.29, 0.717) is 22.0 Å². The van der Waals surface area contributed by atoms with E-state index in [9.17, 15) is 14.0 Å². The first-order valence-electron chi connectivity index (χ1n) is 7.96. The molecule has 1 aromatic heterocycles. The van der Waals surface area contributed by atoms with Gasteiger partial charge in [-0.1, -0.05) is 23.7 Å². The Labute approximate surface area is 153 Å². The number of aliphatic hydroxyl groups excluding tert-OH is 1. The number of carbonyl (C=O) groups excluding carboxylic acids is 1. The lowest BCUT2D eigenvalue weighted by Gasteiger charge is -2.11. The van der Waals surface area contributed by atoms with Gasteiger partial charge in [0.05, 0.1) is 18.1 Å². The van der Waals surface area contributed by atoms with Crippen LogP contribution in [0.3, 0.4) is 0 Å². The standard InChI is InChI=1S/C19H16ClFN2O3/c20-15-5-4-12(10-16(15)21)11-18(25)22-17-3-1-2-14-13(17)6-7-23(8-9-24)19(14)26/h1-7,10,24H,8-9,11H2,(H,22,25). The fraction of sp³-hybridized carbons (Fsp3) is 0.158. The first-order valence-corrected chi connectivity index (χ1v) is 8.34. The molecule has 0 radical (unpaired) electrons. The van der Waals surface area contributed by atoms with Gasteiger partial charge < -0.3 is 15.0 Å². The van der Waals surface area contributed by atoms with Crippen LogP contribution in [0.4, 0.5) is 10.1 Å². The smallest absolute Gasteiger partial charge is 0.258 e. The highest BCUT2D eigenvalue weighted by molar-refractivity contribution is 6.30. The van der Waals surface area contributed by atoms with Crippen LogP contribution >= 0.6 is 11.6 Å². The molecule has 2 N–H and O–H groups in total. The Morgan fingerprint density at radius 3 is 2.73 bits per heavy atom. The molecule has 1 heterocycles. The summed E-state index contributed by atoms with van der Waals surface area (Å²) in [6.45, 7) is 0.0625. The first kappa shape index (κ1) is 18.1. The molecule has 26 heavy (non-hydrogen) atoms. The Morgan fingerprint density at radius 1 is 1.19 bits per heavy atom. The maximum Gasteiger partial charge on any atom is 0.258 e. The zero-order valence-corrected chi connectivity index (χ0v) is 14.5. The maximum atomic E-state index is 13.5. The lowest BCUT2D eigenvalue weighted by Crippen LogP contribution is -2.21. The maximum absolute atomic E-state index is 13.5. The van der Waals surface area contributed by atoms with Crippen molar-refractivity contribution in [1.29, 1.82) is 0 Å². The summed E-state index contributed by atoms with van der Waals surface area (Å²) in [5.41, 5.74) is 0.748. The van der Waals surface area contributed by atoms with E-state index in [1.54, 1.807) is 36.5 Å². The predicted octanol–water partition coefficient (Wildman–Crippen LogP) is 2.97. The zero-order chi connectivity index (χ0) is 18.7. The molecule has 3 rings (SSSR count). The van der Waals surface area contributed by atoms with Gasteiger partial charge in [-0.2, -0.15) is 0 Å². The van der Waals surface area contributed by atoms with Crippen LogP contribution in [0.2, 0.25) is 5.02 Å². The third-order valence-corrected chi connectivity index (χ3v) is 4.29. The van der Waals surface area contributed by atoms with Gasteiger partial charge in [-0.05, 0) is 35.9 Å². The van der Waals surface area contributed by atoms with Crippen molar-refractivity contribution in [1.82, 2.24) is 4.57 Å². The fourth-order valence-electron chi connectivity index (χ4n) is 2.74. The number of halogens is 2. The van der Waals surface area contributed by atoms with Crippen molar-refractivity contribution >= 4 is 34.0 Å². The van der Waals surface area contributed by atoms with Gasteiger partial charge in [0.2, 0.25) is 5.91 Å². The van der Waals surface area contributed by atoms with Gasteiger partial charge in [-0.15, -0.1) is 0 Å². The van der Waals surface area contributed by atoms with Gasteiger partial charge in [0.15, 0.2) is 0 Å². The van der Waals surface area contributed by atoms with Crippen LogP contribution in [0.1, 0.15) is 5.56 Å². The summed E-state index contributed by atoms with van der Waals surface area (Å²) < 4.78 is 14.9. The average molecular weight is 375 g/mol. The van der Waals surface area contributed by atoms with E-state index in [1.165, 1.54) is 16.7 Å². The van der Waals surface area contributed by atoms with Crippen molar-refractivity contribution in [3.63, 3.8) is 0 Å². The zero-order valence-electron chi connectivity index (χ0n) is 13.7. The third kappa shape index (κ3) is 3.76. The van der Waals surface area contributed by atoms with Gasteiger partial charge in [0.1, 0.15) is 5.82 Å². The molecule has 5 nitrogen and oxygen atoms in total. The molecule has 0 fully saturated rings. The van der Waals surface area contributed by atoms with Crippen molar-refractivity contribution in [2.24, 2.45) is 0 Å². The topological polar surface area (TPSA) is 71.3 Å². The van der Waals surface area contributed by atoms with Crippen LogP contribution in [-0.4, -0.2) is 22.2 Å². The second-order valence-corrected chi connectivity index (χ2v) is 6.19. The number of amides is 1. The number of aliphatic hydroxyl groups is 1. The quantitative estimate of drug-likeness (QED) is 0.721. The molecule has 0 aliphatic heterocycles. The SMILES string of the molecule is O=C(Cc1ccc(Cl)c(F)c1)Nc1cccc2c(=O)n(CCO)ccc12. The molecule has 134 valence electrons. The molecule has 0 unspecified atom stereocenters. The van der Waals surface area contributed by atoms with Crippen molar-refractivity contribution in [3.05, 3.63) is 75.4 Å². The van der Waals surface area contributed by atoms with Gasteiger partial charge >= 0.3 is 0 Å². The van der Waals surface area contributed by atoms with Crippen LogP contribution in [0.25, 0.3) is 10.8 Å². The van der Waals surface area contributed by atoms with Crippen LogP contribution < -0.4 is 10.9 Å². The molecular formula is C19H16ClFN2O3. The fourth-order valence-corrected chi connectivity index (χ4v) is 2.86. The summed E-state index contributed by atoms with van der Waals surface area (Å²) in [5, 5.41) is 12.8. The van der Waals surface area contributed by atoms with Crippen LogP contribution in [0.5, 0.6) is 0 Å². The van der Waals surface area contributed by atoms with Crippen LogP contribution in [0, 0.1) is 5.82 Å². The molecule has 0 atom stereocenters. The highest BCUT2D eigenvalue weighted by Gasteiger charge is 2.11. The lowest BCUT2D eigenvalue weighted by atomic mass is 10.1. The molecule has 3 aromatic rings. The number of hydrogen-bond acceptors (Lipinski definition) is 3. The number of pyridine rings is 1. The molecule has 0 saturated heterocycles. The molecule has 7 heteroatoms. The number of fused-ring (bicyclic) bond motifs is 1.